The third-order valence-electron chi connectivity index (χ3n) is 6.66. The number of carbonyl (C=O) groups excluding carboxylic acids is 1. The van der Waals surface area contributed by atoms with Crippen LogP contribution in [0.5, 0.6) is 17.2 Å². The topological polar surface area (TPSA) is 88.4 Å². The van der Waals surface area contributed by atoms with E-state index in [-0.39, 0.29) is 12.2 Å². The van der Waals surface area contributed by atoms with Crippen LogP contribution in [0.4, 0.5) is 0 Å². The highest BCUT2D eigenvalue weighted by Crippen LogP contribution is 2.40. The lowest BCUT2D eigenvalue weighted by molar-refractivity contribution is -0.139. The summed E-state index contributed by atoms with van der Waals surface area (Å²) in [5.74, 6) is 1.26. The van der Waals surface area contributed by atoms with E-state index in [0.717, 1.165) is 10.8 Å². The predicted molar refractivity (Wildman–Crippen MR) is 150 cm³/mol. The maximum Gasteiger partial charge on any atom is 0.338 e. The molecule has 8 nitrogen and oxygen atoms in total. The van der Waals surface area contributed by atoms with Crippen LogP contribution >= 0.6 is 11.3 Å². The van der Waals surface area contributed by atoms with Crippen molar-refractivity contribution in [3.63, 3.8) is 0 Å². The lowest BCUT2D eigenvalue weighted by Gasteiger charge is -2.27. The monoisotopic (exact) mass is 544 g/mol. The molecule has 39 heavy (non-hydrogen) atoms. The first-order valence-electron chi connectivity index (χ1n) is 12.4. The molecule has 0 bridgehead atoms. The number of nitrogens with zero attached hydrogens (tertiary/aromatic N) is 2. The molecule has 0 amide bonds. The van der Waals surface area contributed by atoms with Gasteiger partial charge in [0.2, 0.25) is 0 Å². The van der Waals surface area contributed by atoms with Crippen LogP contribution in [-0.2, 0) is 9.53 Å². The highest BCUT2D eigenvalue weighted by atomic mass is 32.1. The minimum atomic E-state index is -0.810. The van der Waals surface area contributed by atoms with Crippen molar-refractivity contribution in [2.24, 2.45) is 4.99 Å². The molecule has 5 rings (SSSR count). The number of hydrogen-bond acceptors (Lipinski definition) is 8. The van der Waals surface area contributed by atoms with Crippen LogP contribution in [0.15, 0.2) is 75.7 Å². The number of ether oxygens (including phenoxy) is 4. The molecule has 0 aliphatic carbocycles. The van der Waals surface area contributed by atoms with Crippen molar-refractivity contribution >= 4 is 34.2 Å². The molecule has 0 fully saturated rings. The molecule has 1 unspecified atom stereocenters. The fraction of sp³-hybridized carbons (Fsp3) is 0.233. The first-order valence-corrected chi connectivity index (χ1v) is 13.2. The first-order chi connectivity index (χ1) is 18.9. The van der Waals surface area contributed by atoms with Gasteiger partial charge in [-0.15, -0.1) is 0 Å². The molecule has 1 atom stereocenters. The van der Waals surface area contributed by atoms with Gasteiger partial charge in [0.05, 0.1) is 43.7 Å². The van der Waals surface area contributed by atoms with Gasteiger partial charge < -0.3 is 18.9 Å². The van der Waals surface area contributed by atoms with Crippen molar-refractivity contribution in [1.29, 1.82) is 0 Å². The Balaban J connectivity index is 1.85. The molecule has 0 saturated heterocycles. The zero-order valence-electron chi connectivity index (χ0n) is 22.3. The van der Waals surface area contributed by atoms with Gasteiger partial charge in [-0.25, -0.2) is 9.79 Å². The summed E-state index contributed by atoms with van der Waals surface area (Å²) in [5, 5.41) is 1.82. The number of allylic oxidation sites excluding steroid dienone is 1. The van der Waals surface area contributed by atoms with Crippen LogP contribution in [-0.4, -0.2) is 38.5 Å². The Morgan fingerprint density at radius 3 is 2.49 bits per heavy atom. The molecular formula is C30H28N2O6S. The summed E-state index contributed by atoms with van der Waals surface area (Å²) in [6.07, 6.45) is 1.76. The first kappa shape index (κ1) is 26.2. The third kappa shape index (κ3) is 4.59. The standard InChI is InChI=1S/C30H28N2O6S/c1-6-38-29(34)25-17(2)31-30-32(27(25)26-21-10-8-7-9-18(21)11-13-23(26)37-5)28(33)24(39-30)16-19-15-20(35-3)12-14-22(19)36-4/h7-16,27H,6H2,1-5H3/b24-16-. The molecule has 1 aliphatic heterocycles. The molecule has 0 saturated carbocycles. The molecular weight excluding hydrogens is 516 g/mol. The summed E-state index contributed by atoms with van der Waals surface area (Å²) in [7, 11) is 4.73. The summed E-state index contributed by atoms with van der Waals surface area (Å²) in [6, 6.07) is 16.2. The van der Waals surface area contributed by atoms with Crippen molar-refractivity contribution in [2.75, 3.05) is 27.9 Å². The van der Waals surface area contributed by atoms with Gasteiger partial charge in [-0.3, -0.25) is 9.36 Å². The van der Waals surface area contributed by atoms with Crippen LogP contribution in [0.1, 0.15) is 31.0 Å². The van der Waals surface area contributed by atoms with Crippen LogP contribution in [0.3, 0.4) is 0 Å². The van der Waals surface area contributed by atoms with Crippen molar-refractivity contribution in [1.82, 2.24) is 4.57 Å². The Bertz CT molecular complexity index is 1800. The van der Waals surface area contributed by atoms with Crippen LogP contribution in [0.2, 0.25) is 0 Å². The van der Waals surface area contributed by atoms with E-state index in [1.807, 2.05) is 36.4 Å². The summed E-state index contributed by atoms with van der Waals surface area (Å²) in [4.78, 5) is 32.6. The molecule has 4 aromatic rings. The van der Waals surface area contributed by atoms with Crippen molar-refractivity contribution < 1.29 is 23.7 Å². The van der Waals surface area contributed by atoms with Gasteiger partial charge in [0.1, 0.15) is 23.3 Å². The van der Waals surface area contributed by atoms with E-state index in [1.54, 1.807) is 64.0 Å². The van der Waals surface area contributed by atoms with Gasteiger partial charge in [0.25, 0.3) is 5.56 Å². The van der Waals surface area contributed by atoms with Gasteiger partial charge in [-0.2, -0.15) is 0 Å². The molecule has 2 heterocycles. The van der Waals surface area contributed by atoms with Gasteiger partial charge in [0, 0.05) is 11.1 Å². The summed E-state index contributed by atoms with van der Waals surface area (Å²) in [5.41, 5.74) is 1.87. The smallest absolute Gasteiger partial charge is 0.338 e. The average molecular weight is 545 g/mol. The number of aromatic nitrogens is 1. The number of rotatable bonds is 7. The minimum absolute atomic E-state index is 0.190. The van der Waals surface area contributed by atoms with Crippen molar-refractivity contribution in [3.8, 4) is 17.2 Å². The number of esters is 1. The largest absolute Gasteiger partial charge is 0.497 e. The molecule has 1 aliphatic rings. The zero-order chi connectivity index (χ0) is 27.7. The van der Waals surface area contributed by atoms with Gasteiger partial charge >= 0.3 is 5.97 Å². The Hall–Kier alpha value is -4.37. The normalized spacial score (nSPS) is 15.1. The number of methoxy groups -OCH3 is 3. The molecule has 200 valence electrons. The zero-order valence-corrected chi connectivity index (χ0v) is 23.1. The Kier molecular flexibility index (Phi) is 7.26. The van der Waals surface area contributed by atoms with E-state index in [4.69, 9.17) is 18.9 Å². The van der Waals surface area contributed by atoms with Gasteiger partial charge in [-0.1, -0.05) is 41.7 Å². The Morgan fingerprint density at radius 1 is 1.03 bits per heavy atom. The van der Waals surface area contributed by atoms with Crippen LogP contribution in [0, 0.1) is 0 Å². The van der Waals surface area contributed by atoms with E-state index < -0.39 is 12.0 Å². The van der Waals surface area contributed by atoms with E-state index in [0.29, 0.717) is 49.0 Å². The van der Waals surface area contributed by atoms with Gasteiger partial charge in [0.15, 0.2) is 4.80 Å². The second-order valence-corrected chi connectivity index (χ2v) is 9.82. The number of fused-ring (bicyclic) bond motifs is 2. The fourth-order valence-corrected chi connectivity index (χ4v) is 5.93. The summed E-state index contributed by atoms with van der Waals surface area (Å²) in [6.45, 7) is 3.70. The number of thiazole rings is 1. The number of carbonyl (C=O) groups is 1. The summed E-state index contributed by atoms with van der Waals surface area (Å²) >= 11 is 1.24. The lowest BCUT2D eigenvalue weighted by Crippen LogP contribution is -2.40. The maximum atomic E-state index is 14.1. The maximum absolute atomic E-state index is 14.1. The Morgan fingerprint density at radius 2 is 1.77 bits per heavy atom. The SMILES string of the molecule is CCOC(=O)C1=C(C)N=c2s/c(=C\c3cc(OC)ccc3OC)c(=O)n2C1c1c(OC)ccc2ccccc12. The molecule has 9 heteroatoms. The van der Waals surface area contributed by atoms with Crippen molar-refractivity contribution in [3.05, 3.63) is 96.7 Å². The Labute approximate surface area is 229 Å². The number of hydrogen-bond donors (Lipinski definition) is 0. The predicted octanol–water partition coefficient (Wildman–Crippen LogP) is 3.98. The number of benzene rings is 3. The molecule has 3 aromatic carbocycles. The van der Waals surface area contributed by atoms with Crippen LogP contribution < -0.4 is 29.1 Å². The highest BCUT2D eigenvalue weighted by molar-refractivity contribution is 7.07. The lowest BCUT2D eigenvalue weighted by atomic mass is 9.90. The minimum Gasteiger partial charge on any atom is -0.497 e. The third-order valence-corrected chi connectivity index (χ3v) is 7.65. The van der Waals surface area contributed by atoms with E-state index in [1.165, 1.54) is 11.3 Å². The molecule has 0 N–H and O–H groups in total. The quantitative estimate of drug-likeness (QED) is 0.327. The van der Waals surface area contributed by atoms with Crippen LogP contribution in [0.25, 0.3) is 16.8 Å². The fourth-order valence-electron chi connectivity index (χ4n) is 4.89. The highest BCUT2D eigenvalue weighted by Gasteiger charge is 2.36. The molecule has 0 radical (unpaired) electrons. The summed E-state index contributed by atoms with van der Waals surface area (Å²) < 4.78 is 24.1. The average Bonchev–Trinajstić information content (AvgIpc) is 3.25. The van der Waals surface area contributed by atoms with E-state index in [9.17, 15) is 9.59 Å². The van der Waals surface area contributed by atoms with Crippen molar-refractivity contribution in [2.45, 2.75) is 19.9 Å². The van der Waals surface area contributed by atoms with E-state index >= 15 is 0 Å². The molecule has 0 spiro atoms. The van der Waals surface area contributed by atoms with Gasteiger partial charge in [-0.05, 0) is 55.0 Å². The molecule has 1 aromatic heterocycles. The van der Waals surface area contributed by atoms with E-state index in [2.05, 4.69) is 4.99 Å². The second-order valence-electron chi connectivity index (χ2n) is 8.81. The second kappa shape index (κ2) is 10.8.